The van der Waals surface area contributed by atoms with E-state index in [1.54, 1.807) is 0 Å². The van der Waals surface area contributed by atoms with Crippen molar-refractivity contribution in [2.24, 2.45) is 11.8 Å². The molecule has 0 heterocycles. The van der Waals surface area contributed by atoms with Crippen LogP contribution in [0.25, 0.3) is 0 Å². The van der Waals surface area contributed by atoms with Crippen LogP contribution >= 0.6 is 15.9 Å². The molecule has 1 rings (SSSR count). The lowest BCUT2D eigenvalue weighted by Crippen LogP contribution is -2.27. The van der Waals surface area contributed by atoms with Gasteiger partial charge < -0.3 is 5.32 Å². The Labute approximate surface area is 112 Å². The van der Waals surface area contributed by atoms with Crippen LogP contribution in [0.5, 0.6) is 0 Å². The van der Waals surface area contributed by atoms with Gasteiger partial charge in [0.15, 0.2) is 0 Å². The highest BCUT2D eigenvalue weighted by atomic mass is 79.9. The molecule has 0 aliphatic carbocycles. The minimum Gasteiger partial charge on any atom is -0.317 e. The molecule has 0 amide bonds. The van der Waals surface area contributed by atoms with Gasteiger partial charge in [0.1, 0.15) is 5.82 Å². The first kappa shape index (κ1) is 14.7. The third-order valence-electron chi connectivity index (χ3n) is 3.08. The molecular formula is C14H21BrFN. The van der Waals surface area contributed by atoms with Gasteiger partial charge >= 0.3 is 0 Å². The summed E-state index contributed by atoms with van der Waals surface area (Å²) < 4.78 is 13.7. The quantitative estimate of drug-likeness (QED) is 0.837. The average molecular weight is 302 g/mol. The van der Waals surface area contributed by atoms with Crippen LogP contribution in [-0.4, -0.2) is 13.1 Å². The van der Waals surface area contributed by atoms with Crippen molar-refractivity contribution < 1.29 is 4.39 Å². The minimum atomic E-state index is -0.193. The number of nitrogens with one attached hydrogen (secondary N) is 1. The molecule has 0 aliphatic rings. The predicted molar refractivity (Wildman–Crippen MR) is 74.7 cm³/mol. The number of hydrogen-bond acceptors (Lipinski definition) is 1. The first-order valence-corrected chi connectivity index (χ1v) is 6.98. The van der Waals surface area contributed by atoms with Crippen LogP contribution in [-0.2, 0) is 6.42 Å². The zero-order chi connectivity index (χ0) is 12.8. The molecule has 0 saturated carbocycles. The van der Waals surface area contributed by atoms with Crippen LogP contribution in [0.15, 0.2) is 22.7 Å². The second-order valence-electron chi connectivity index (χ2n) is 4.76. The van der Waals surface area contributed by atoms with E-state index >= 15 is 0 Å². The van der Waals surface area contributed by atoms with Crippen molar-refractivity contribution in [3.05, 3.63) is 34.1 Å². The summed E-state index contributed by atoms with van der Waals surface area (Å²) in [6.07, 6.45) is 0.990. The van der Waals surface area contributed by atoms with Gasteiger partial charge in [-0.1, -0.05) is 26.8 Å². The summed E-state index contributed by atoms with van der Waals surface area (Å²) in [5.74, 6) is 1.02. The molecule has 0 saturated heterocycles. The Morgan fingerprint density at radius 2 is 2.06 bits per heavy atom. The van der Waals surface area contributed by atoms with Crippen molar-refractivity contribution in [1.82, 2.24) is 5.32 Å². The van der Waals surface area contributed by atoms with E-state index in [9.17, 15) is 4.39 Å². The maximum absolute atomic E-state index is 13.1. The van der Waals surface area contributed by atoms with Crippen LogP contribution < -0.4 is 5.32 Å². The Morgan fingerprint density at radius 1 is 1.35 bits per heavy atom. The molecular weight excluding hydrogens is 281 g/mol. The summed E-state index contributed by atoms with van der Waals surface area (Å²) in [6, 6.07) is 5.29. The fourth-order valence-corrected chi connectivity index (χ4v) is 2.27. The topological polar surface area (TPSA) is 12.0 Å². The van der Waals surface area contributed by atoms with Gasteiger partial charge in [0, 0.05) is 0 Å². The zero-order valence-electron chi connectivity index (χ0n) is 10.8. The average Bonchev–Trinajstić information content (AvgIpc) is 2.28. The molecule has 1 aromatic carbocycles. The zero-order valence-corrected chi connectivity index (χ0v) is 12.3. The summed E-state index contributed by atoms with van der Waals surface area (Å²) >= 11 is 3.24. The lowest BCUT2D eigenvalue weighted by atomic mass is 9.89. The highest BCUT2D eigenvalue weighted by Gasteiger charge is 2.14. The van der Waals surface area contributed by atoms with E-state index in [0.717, 1.165) is 19.5 Å². The second-order valence-corrected chi connectivity index (χ2v) is 5.62. The molecule has 0 radical (unpaired) electrons. The van der Waals surface area contributed by atoms with E-state index in [2.05, 4.69) is 42.0 Å². The predicted octanol–water partition coefficient (Wildman–Crippen LogP) is 4.01. The fraction of sp³-hybridized carbons (Fsp3) is 0.571. The number of benzene rings is 1. The van der Waals surface area contributed by atoms with Gasteiger partial charge in [-0.25, -0.2) is 4.39 Å². The SMILES string of the molecule is CCNCC(Cc1ccc(F)c(Br)c1)C(C)C. The van der Waals surface area contributed by atoms with E-state index in [0.29, 0.717) is 16.3 Å². The monoisotopic (exact) mass is 301 g/mol. The maximum Gasteiger partial charge on any atom is 0.137 e. The lowest BCUT2D eigenvalue weighted by Gasteiger charge is -2.21. The van der Waals surface area contributed by atoms with E-state index < -0.39 is 0 Å². The van der Waals surface area contributed by atoms with Gasteiger partial charge in [0.05, 0.1) is 4.47 Å². The van der Waals surface area contributed by atoms with E-state index in [1.165, 1.54) is 11.6 Å². The lowest BCUT2D eigenvalue weighted by molar-refractivity contribution is 0.363. The number of rotatable bonds is 6. The molecule has 0 aromatic heterocycles. The van der Waals surface area contributed by atoms with Crippen molar-refractivity contribution in [1.29, 1.82) is 0 Å². The molecule has 0 bridgehead atoms. The number of hydrogen-bond donors (Lipinski definition) is 1. The third-order valence-corrected chi connectivity index (χ3v) is 3.69. The standard InChI is InChI=1S/C14H21BrFN/c1-4-17-9-12(10(2)3)7-11-5-6-14(16)13(15)8-11/h5-6,8,10,12,17H,4,7,9H2,1-3H3. The molecule has 3 heteroatoms. The number of halogens is 2. The Kier molecular flexibility index (Phi) is 6.14. The molecule has 1 atom stereocenters. The van der Waals surface area contributed by atoms with Gasteiger partial charge in [-0.15, -0.1) is 0 Å². The molecule has 17 heavy (non-hydrogen) atoms. The largest absolute Gasteiger partial charge is 0.317 e. The summed E-state index contributed by atoms with van der Waals surface area (Å²) in [7, 11) is 0. The fourth-order valence-electron chi connectivity index (χ4n) is 1.84. The van der Waals surface area contributed by atoms with Gasteiger partial charge in [0.25, 0.3) is 0 Å². The van der Waals surface area contributed by atoms with Crippen LogP contribution in [0, 0.1) is 17.7 Å². The van der Waals surface area contributed by atoms with E-state index in [-0.39, 0.29) is 5.82 Å². The molecule has 0 fully saturated rings. The normalized spacial score (nSPS) is 13.1. The van der Waals surface area contributed by atoms with Gasteiger partial charge in [-0.3, -0.25) is 0 Å². The van der Waals surface area contributed by atoms with Gasteiger partial charge in [0.2, 0.25) is 0 Å². The molecule has 1 aromatic rings. The Balaban J connectivity index is 2.68. The van der Waals surface area contributed by atoms with E-state index in [1.807, 2.05) is 12.1 Å². The van der Waals surface area contributed by atoms with Crippen molar-refractivity contribution in [2.45, 2.75) is 27.2 Å². The molecule has 1 unspecified atom stereocenters. The second kappa shape index (κ2) is 7.12. The molecule has 0 spiro atoms. The Hall–Kier alpha value is -0.410. The maximum atomic E-state index is 13.1. The first-order valence-electron chi connectivity index (χ1n) is 6.19. The van der Waals surface area contributed by atoms with Crippen LogP contribution in [0.2, 0.25) is 0 Å². The summed E-state index contributed by atoms with van der Waals surface area (Å²) in [4.78, 5) is 0. The van der Waals surface area contributed by atoms with Crippen LogP contribution in [0.4, 0.5) is 4.39 Å². The highest BCUT2D eigenvalue weighted by Crippen LogP contribution is 2.21. The van der Waals surface area contributed by atoms with Crippen molar-refractivity contribution in [3.63, 3.8) is 0 Å². The molecule has 1 N–H and O–H groups in total. The first-order chi connectivity index (χ1) is 8.04. The van der Waals surface area contributed by atoms with Gasteiger partial charge in [-0.2, -0.15) is 0 Å². The van der Waals surface area contributed by atoms with Crippen molar-refractivity contribution in [3.8, 4) is 0 Å². The molecule has 0 aliphatic heterocycles. The van der Waals surface area contributed by atoms with Crippen molar-refractivity contribution >= 4 is 15.9 Å². The summed E-state index contributed by atoms with van der Waals surface area (Å²) in [6.45, 7) is 8.60. The van der Waals surface area contributed by atoms with Crippen LogP contribution in [0.3, 0.4) is 0 Å². The summed E-state index contributed by atoms with van der Waals surface area (Å²) in [5.41, 5.74) is 1.19. The molecule has 96 valence electrons. The minimum absolute atomic E-state index is 0.193. The van der Waals surface area contributed by atoms with Crippen LogP contribution in [0.1, 0.15) is 26.3 Å². The third kappa shape index (κ3) is 4.76. The van der Waals surface area contributed by atoms with Crippen molar-refractivity contribution in [2.75, 3.05) is 13.1 Å². The van der Waals surface area contributed by atoms with E-state index in [4.69, 9.17) is 0 Å². The van der Waals surface area contributed by atoms with Gasteiger partial charge in [-0.05, 0) is 65.0 Å². The Morgan fingerprint density at radius 3 is 2.59 bits per heavy atom. The smallest absolute Gasteiger partial charge is 0.137 e. The summed E-state index contributed by atoms with van der Waals surface area (Å²) in [5, 5.41) is 3.39. The highest BCUT2D eigenvalue weighted by molar-refractivity contribution is 9.10. The Bertz CT molecular complexity index is 352. The molecule has 1 nitrogen and oxygen atoms in total.